The summed E-state index contributed by atoms with van der Waals surface area (Å²) in [7, 11) is 0. The van der Waals surface area contributed by atoms with E-state index >= 15 is 0 Å². The average molecular weight is 366 g/mol. The van der Waals surface area contributed by atoms with Crippen molar-refractivity contribution in [2.45, 2.75) is 53.6 Å². The van der Waals surface area contributed by atoms with Gasteiger partial charge in [0.15, 0.2) is 0 Å². The van der Waals surface area contributed by atoms with Crippen LogP contribution in [0.5, 0.6) is 0 Å². The summed E-state index contributed by atoms with van der Waals surface area (Å²) in [4.78, 5) is 28.0. The number of carbonyl (C=O) groups excluding carboxylic acids is 1. The van der Waals surface area contributed by atoms with Crippen LogP contribution in [-0.4, -0.2) is 20.7 Å². The molecule has 0 fully saturated rings. The van der Waals surface area contributed by atoms with Gasteiger partial charge in [-0.3, -0.25) is 14.3 Å². The summed E-state index contributed by atoms with van der Waals surface area (Å²) < 4.78 is 1.95. The number of aryl methyl sites for hydroxylation is 3. The minimum absolute atomic E-state index is 0.156. The molecule has 0 aliphatic rings. The van der Waals surface area contributed by atoms with Gasteiger partial charge in [-0.2, -0.15) is 5.10 Å². The molecule has 0 saturated carbocycles. The van der Waals surface area contributed by atoms with Crippen molar-refractivity contribution in [2.24, 2.45) is 0 Å². The van der Waals surface area contributed by atoms with Crippen LogP contribution in [0.15, 0.2) is 29.1 Å². The lowest BCUT2D eigenvalue weighted by molar-refractivity contribution is 0.0937. The Bertz CT molecular complexity index is 1060. The van der Waals surface area contributed by atoms with E-state index in [0.717, 1.165) is 40.9 Å². The van der Waals surface area contributed by atoms with Gasteiger partial charge in [0.2, 0.25) is 5.56 Å². The summed E-state index contributed by atoms with van der Waals surface area (Å²) in [5.41, 5.74) is 4.80. The van der Waals surface area contributed by atoms with Gasteiger partial charge in [-0.15, -0.1) is 0 Å². The Hall–Kier alpha value is -2.89. The molecule has 2 aromatic heterocycles. The summed E-state index contributed by atoms with van der Waals surface area (Å²) in [6.45, 7) is 10.8. The fraction of sp³-hybridized carbons (Fsp3) is 0.381. The third-order valence-corrected chi connectivity index (χ3v) is 5.13. The average Bonchev–Trinajstić information content (AvgIpc) is 2.93. The molecule has 2 heterocycles. The van der Waals surface area contributed by atoms with Crippen molar-refractivity contribution in [1.82, 2.24) is 20.1 Å². The zero-order valence-electron chi connectivity index (χ0n) is 16.5. The highest BCUT2D eigenvalue weighted by atomic mass is 16.2. The number of nitrogens with zero attached hydrogens (tertiary/aromatic N) is 2. The Labute approximate surface area is 158 Å². The Morgan fingerprint density at radius 1 is 1.26 bits per heavy atom. The third-order valence-electron chi connectivity index (χ3n) is 5.13. The molecule has 27 heavy (non-hydrogen) atoms. The molecule has 0 bridgehead atoms. The molecule has 142 valence electrons. The van der Waals surface area contributed by atoms with Crippen LogP contribution in [0.4, 0.5) is 0 Å². The van der Waals surface area contributed by atoms with E-state index in [0.29, 0.717) is 11.1 Å². The van der Waals surface area contributed by atoms with Crippen molar-refractivity contribution in [3.63, 3.8) is 0 Å². The Morgan fingerprint density at radius 2 is 2.00 bits per heavy atom. The maximum absolute atomic E-state index is 13.1. The maximum atomic E-state index is 13.1. The van der Waals surface area contributed by atoms with E-state index in [2.05, 4.69) is 15.4 Å². The van der Waals surface area contributed by atoms with Gasteiger partial charge in [0.05, 0.1) is 22.8 Å². The minimum Gasteiger partial charge on any atom is -0.345 e. The first-order chi connectivity index (χ1) is 12.9. The molecule has 1 atom stereocenters. The molecule has 2 N–H and O–H groups in total. The van der Waals surface area contributed by atoms with E-state index in [1.165, 1.54) is 6.07 Å². The molecular weight excluding hydrogens is 340 g/mol. The molecule has 0 spiro atoms. The molecule has 0 saturated heterocycles. The normalized spacial score (nSPS) is 12.3. The molecular formula is C21H26N4O2. The van der Waals surface area contributed by atoms with Crippen LogP contribution in [-0.2, 0) is 6.54 Å². The lowest BCUT2D eigenvalue weighted by atomic mass is 10.0. The lowest BCUT2D eigenvalue weighted by Gasteiger charge is -2.19. The number of benzene rings is 1. The molecule has 0 radical (unpaired) electrons. The first-order valence-corrected chi connectivity index (χ1v) is 9.34. The molecule has 0 aliphatic carbocycles. The Kier molecular flexibility index (Phi) is 5.17. The number of nitrogens with one attached hydrogen (secondary N) is 2. The number of aromatic nitrogens is 3. The number of para-hydroxylation sites is 1. The zero-order chi connectivity index (χ0) is 19.7. The molecule has 0 aliphatic heterocycles. The van der Waals surface area contributed by atoms with Crippen LogP contribution in [0.25, 0.3) is 10.9 Å². The number of amides is 1. The van der Waals surface area contributed by atoms with E-state index in [1.54, 1.807) is 0 Å². The molecule has 6 heteroatoms. The number of carbonyl (C=O) groups is 1. The van der Waals surface area contributed by atoms with Crippen molar-refractivity contribution in [3.8, 4) is 0 Å². The van der Waals surface area contributed by atoms with Gasteiger partial charge in [0.1, 0.15) is 0 Å². The van der Waals surface area contributed by atoms with Crippen LogP contribution in [0, 0.1) is 20.8 Å². The fourth-order valence-electron chi connectivity index (χ4n) is 3.75. The molecule has 1 amide bonds. The maximum Gasteiger partial charge on any atom is 0.252 e. The third kappa shape index (κ3) is 3.39. The summed E-state index contributed by atoms with van der Waals surface area (Å²) >= 11 is 0. The van der Waals surface area contributed by atoms with Gasteiger partial charge >= 0.3 is 0 Å². The Morgan fingerprint density at radius 3 is 2.63 bits per heavy atom. The van der Waals surface area contributed by atoms with Crippen LogP contribution < -0.4 is 10.9 Å². The van der Waals surface area contributed by atoms with Gasteiger partial charge in [0.25, 0.3) is 5.91 Å². The minimum atomic E-state index is -0.277. The summed E-state index contributed by atoms with van der Waals surface area (Å²) in [6, 6.07) is 6.89. The smallest absolute Gasteiger partial charge is 0.252 e. The van der Waals surface area contributed by atoms with Crippen molar-refractivity contribution in [1.29, 1.82) is 0 Å². The van der Waals surface area contributed by atoms with Crippen LogP contribution in [0.3, 0.4) is 0 Å². The van der Waals surface area contributed by atoms with E-state index in [4.69, 9.17) is 0 Å². The predicted molar refractivity (Wildman–Crippen MR) is 107 cm³/mol. The molecule has 6 nitrogen and oxygen atoms in total. The van der Waals surface area contributed by atoms with E-state index < -0.39 is 0 Å². The van der Waals surface area contributed by atoms with Gasteiger partial charge < -0.3 is 10.3 Å². The van der Waals surface area contributed by atoms with Crippen molar-refractivity contribution in [3.05, 3.63) is 62.7 Å². The number of hydrogen-bond donors (Lipinski definition) is 2. The molecule has 1 aromatic carbocycles. The quantitative estimate of drug-likeness (QED) is 0.725. The second-order valence-corrected chi connectivity index (χ2v) is 6.88. The highest BCUT2D eigenvalue weighted by molar-refractivity contribution is 6.06. The standard InChI is InChI=1S/C21H26N4O2/c1-6-17(19-13(4)24-25(7-2)14(19)5)22-21(27)16-11-18(26)23-20-12(3)9-8-10-15(16)20/h8-11,17H,6-7H2,1-5H3,(H,22,27)(H,23,26)/t17-/m0/s1. The van der Waals surface area contributed by atoms with Crippen LogP contribution in [0.2, 0.25) is 0 Å². The van der Waals surface area contributed by atoms with Crippen molar-refractivity contribution >= 4 is 16.8 Å². The van der Waals surface area contributed by atoms with E-state index in [-0.39, 0.29) is 17.5 Å². The lowest BCUT2D eigenvalue weighted by Crippen LogP contribution is -2.30. The SMILES string of the molecule is CC[C@H](NC(=O)c1cc(=O)[nH]c2c(C)cccc12)c1c(C)nn(CC)c1C. The first-order valence-electron chi connectivity index (χ1n) is 9.34. The number of aromatic amines is 1. The van der Waals surface area contributed by atoms with E-state index in [9.17, 15) is 9.59 Å². The van der Waals surface area contributed by atoms with Gasteiger partial charge in [-0.05, 0) is 39.7 Å². The Balaban J connectivity index is 2.02. The predicted octanol–water partition coefficient (Wildman–Crippen LogP) is 3.55. The fourth-order valence-corrected chi connectivity index (χ4v) is 3.75. The summed E-state index contributed by atoms with van der Waals surface area (Å²) in [5.74, 6) is -0.244. The number of fused-ring (bicyclic) bond motifs is 1. The largest absolute Gasteiger partial charge is 0.345 e. The van der Waals surface area contributed by atoms with E-state index in [1.807, 2.05) is 57.5 Å². The highest BCUT2D eigenvalue weighted by Gasteiger charge is 2.23. The molecule has 0 unspecified atom stereocenters. The van der Waals surface area contributed by atoms with Gasteiger partial charge in [0, 0.05) is 29.3 Å². The van der Waals surface area contributed by atoms with Gasteiger partial charge in [-0.25, -0.2) is 0 Å². The highest BCUT2D eigenvalue weighted by Crippen LogP contribution is 2.25. The number of hydrogen-bond acceptors (Lipinski definition) is 3. The topological polar surface area (TPSA) is 79.8 Å². The monoisotopic (exact) mass is 366 g/mol. The second-order valence-electron chi connectivity index (χ2n) is 6.88. The van der Waals surface area contributed by atoms with Crippen molar-refractivity contribution < 1.29 is 4.79 Å². The van der Waals surface area contributed by atoms with Gasteiger partial charge in [-0.1, -0.05) is 25.1 Å². The first kappa shape index (κ1) is 18.9. The van der Waals surface area contributed by atoms with Crippen LogP contribution >= 0.6 is 0 Å². The summed E-state index contributed by atoms with van der Waals surface area (Å²) in [5, 5.41) is 8.43. The number of H-pyrrole nitrogens is 1. The second kappa shape index (κ2) is 7.39. The number of rotatable bonds is 5. The summed E-state index contributed by atoms with van der Waals surface area (Å²) in [6.07, 6.45) is 0.739. The molecule has 3 aromatic rings. The zero-order valence-corrected chi connectivity index (χ0v) is 16.5. The van der Waals surface area contributed by atoms with Crippen molar-refractivity contribution in [2.75, 3.05) is 0 Å². The van der Waals surface area contributed by atoms with Crippen LogP contribution in [0.1, 0.15) is 59.2 Å². The molecule has 3 rings (SSSR count). The number of pyridine rings is 1.